The predicted molar refractivity (Wildman–Crippen MR) is 125 cm³/mol. The molecule has 0 atom stereocenters. The van der Waals surface area contributed by atoms with Crippen LogP contribution in [0.3, 0.4) is 0 Å². The number of nitrogens with zero attached hydrogens (tertiary/aromatic N) is 2. The first-order valence-corrected chi connectivity index (χ1v) is 12.8. The van der Waals surface area contributed by atoms with Gasteiger partial charge in [-0.3, -0.25) is 19.3 Å². The molecular weight excluding hydrogens is 458 g/mol. The third kappa shape index (κ3) is 4.69. The van der Waals surface area contributed by atoms with Gasteiger partial charge in [0.1, 0.15) is 5.75 Å². The van der Waals surface area contributed by atoms with Gasteiger partial charge < -0.3 is 10.1 Å². The number of rotatable bonds is 8. The van der Waals surface area contributed by atoms with E-state index in [-0.39, 0.29) is 23.5 Å². The third-order valence-corrected chi connectivity index (χ3v) is 7.81. The molecule has 10 heteroatoms. The van der Waals surface area contributed by atoms with Crippen LogP contribution in [0.1, 0.15) is 53.3 Å². The lowest BCUT2D eigenvalue weighted by Gasteiger charge is -2.26. The van der Waals surface area contributed by atoms with Crippen LogP contribution in [0, 0.1) is 0 Å². The van der Waals surface area contributed by atoms with Crippen molar-refractivity contribution in [1.29, 1.82) is 0 Å². The molecule has 1 fully saturated rings. The highest BCUT2D eigenvalue weighted by Crippen LogP contribution is 2.30. The van der Waals surface area contributed by atoms with Gasteiger partial charge in [0.25, 0.3) is 11.8 Å². The highest BCUT2D eigenvalue weighted by atomic mass is 32.2. The Morgan fingerprint density at radius 2 is 1.65 bits per heavy atom. The van der Waals surface area contributed by atoms with E-state index in [0.29, 0.717) is 36.6 Å². The van der Waals surface area contributed by atoms with Crippen molar-refractivity contribution in [3.05, 3.63) is 53.6 Å². The maximum absolute atomic E-state index is 13.1. The van der Waals surface area contributed by atoms with Gasteiger partial charge in [0, 0.05) is 26.1 Å². The van der Waals surface area contributed by atoms with Gasteiger partial charge in [0.15, 0.2) is 0 Å². The second-order valence-electron chi connectivity index (χ2n) is 8.16. The molecule has 1 N–H and O–H groups in total. The number of fused-ring (bicyclic) bond motifs is 1. The predicted octanol–water partition coefficient (Wildman–Crippen LogP) is 2.88. The van der Waals surface area contributed by atoms with Crippen LogP contribution in [0.2, 0.25) is 0 Å². The lowest BCUT2D eigenvalue weighted by atomic mass is 10.1. The second kappa shape index (κ2) is 9.94. The lowest BCUT2D eigenvalue weighted by molar-refractivity contribution is -0.116. The third-order valence-electron chi connectivity index (χ3n) is 5.92. The number of hydrogen-bond acceptors (Lipinski definition) is 6. The largest absolute Gasteiger partial charge is 0.492 e. The van der Waals surface area contributed by atoms with Gasteiger partial charge >= 0.3 is 0 Å². The fourth-order valence-electron chi connectivity index (χ4n) is 4.17. The molecule has 0 spiro atoms. The zero-order valence-corrected chi connectivity index (χ0v) is 19.8. The molecule has 0 radical (unpaired) electrons. The standard InChI is InChI=1S/C24H27N3O6S/c1-2-33-21-11-10-17(34(31,32)26-13-6-3-7-14-26)16-20(21)25-22(28)12-15-27-23(29)18-8-4-5-9-19(18)24(27)30/h4-5,8-11,16H,2-3,6-7,12-15H2,1H3,(H,25,28). The summed E-state index contributed by atoms with van der Waals surface area (Å²) in [5, 5.41) is 2.69. The Balaban J connectivity index is 1.48. The van der Waals surface area contributed by atoms with E-state index in [2.05, 4.69) is 5.32 Å². The topological polar surface area (TPSA) is 113 Å². The SMILES string of the molecule is CCOc1ccc(S(=O)(=O)N2CCCCC2)cc1NC(=O)CCN1C(=O)c2ccccc2C1=O. The van der Waals surface area contributed by atoms with Crippen molar-refractivity contribution in [2.75, 3.05) is 31.6 Å². The van der Waals surface area contributed by atoms with Crippen LogP contribution < -0.4 is 10.1 Å². The van der Waals surface area contributed by atoms with E-state index >= 15 is 0 Å². The molecule has 34 heavy (non-hydrogen) atoms. The van der Waals surface area contributed by atoms with Gasteiger partial charge in [0.05, 0.1) is 28.3 Å². The summed E-state index contributed by atoms with van der Waals surface area (Å²) in [5.74, 6) is -0.991. The molecule has 2 aliphatic heterocycles. The van der Waals surface area contributed by atoms with E-state index in [0.717, 1.165) is 24.2 Å². The average molecular weight is 486 g/mol. The fraction of sp³-hybridized carbons (Fsp3) is 0.375. The Labute approximate surface area is 198 Å². The minimum atomic E-state index is -3.69. The monoisotopic (exact) mass is 485 g/mol. The van der Waals surface area contributed by atoms with Gasteiger partial charge in [-0.1, -0.05) is 18.6 Å². The molecule has 0 bridgehead atoms. The van der Waals surface area contributed by atoms with E-state index in [4.69, 9.17) is 4.74 Å². The van der Waals surface area contributed by atoms with Crippen molar-refractivity contribution >= 4 is 33.4 Å². The Hall–Kier alpha value is -3.24. The van der Waals surface area contributed by atoms with Crippen LogP contribution in [0.15, 0.2) is 47.4 Å². The zero-order valence-electron chi connectivity index (χ0n) is 19.0. The van der Waals surface area contributed by atoms with Crippen molar-refractivity contribution in [1.82, 2.24) is 9.21 Å². The van der Waals surface area contributed by atoms with E-state index in [9.17, 15) is 22.8 Å². The summed E-state index contributed by atoms with van der Waals surface area (Å²) in [6.07, 6.45) is 2.50. The van der Waals surface area contributed by atoms with Crippen molar-refractivity contribution in [3.8, 4) is 5.75 Å². The summed E-state index contributed by atoms with van der Waals surface area (Å²) >= 11 is 0. The van der Waals surface area contributed by atoms with E-state index < -0.39 is 27.7 Å². The molecule has 0 unspecified atom stereocenters. The number of anilines is 1. The quantitative estimate of drug-likeness (QED) is 0.576. The smallest absolute Gasteiger partial charge is 0.261 e. The minimum absolute atomic E-state index is 0.0773. The summed E-state index contributed by atoms with van der Waals surface area (Å²) in [5.41, 5.74) is 0.872. The number of hydrogen-bond donors (Lipinski definition) is 1. The summed E-state index contributed by atoms with van der Waals surface area (Å²) < 4.78 is 33.2. The van der Waals surface area contributed by atoms with E-state index in [1.54, 1.807) is 31.2 Å². The number of amides is 3. The fourth-order valence-corrected chi connectivity index (χ4v) is 5.72. The Bertz CT molecular complexity index is 1190. The molecule has 4 rings (SSSR count). The van der Waals surface area contributed by atoms with Crippen LogP contribution in [-0.2, 0) is 14.8 Å². The molecule has 0 saturated carbocycles. The molecule has 9 nitrogen and oxygen atoms in total. The Kier molecular flexibility index (Phi) is 6.99. The van der Waals surface area contributed by atoms with Crippen LogP contribution >= 0.6 is 0 Å². The van der Waals surface area contributed by atoms with Crippen LogP contribution in [0.4, 0.5) is 5.69 Å². The van der Waals surface area contributed by atoms with Crippen LogP contribution in [-0.4, -0.2) is 61.6 Å². The van der Waals surface area contributed by atoms with Gasteiger partial charge in [-0.2, -0.15) is 4.31 Å². The average Bonchev–Trinajstić information content (AvgIpc) is 3.09. The summed E-state index contributed by atoms with van der Waals surface area (Å²) in [4.78, 5) is 38.8. The van der Waals surface area contributed by atoms with Crippen molar-refractivity contribution in [3.63, 3.8) is 0 Å². The van der Waals surface area contributed by atoms with Crippen LogP contribution in [0.25, 0.3) is 0 Å². The molecule has 3 amide bonds. The van der Waals surface area contributed by atoms with E-state index in [1.165, 1.54) is 22.5 Å². The number of benzene rings is 2. The first-order valence-electron chi connectivity index (χ1n) is 11.3. The molecule has 180 valence electrons. The second-order valence-corrected chi connectivity index (χ2v) is 10.1. The van der Waals surface area contributed by atoms with Crippen LogP contribution in [0.5, 0.6) is 5.75 Å². The van der Waals surface area contributed by atoms with Crippen molar-refractivity contribution in [2.45, 2.75) is 37.5 Å². The number of carbonyl (C=O) groups is 3. The normalized spacial score (nSPS) is 16.4. The van der Waals surface area contributed by atoms with Gasteiger partial charge in [-0.25, -0.2) is 8.42 Å². The zero-order chi connectivity index (χ0) is 24.3. The van der Waals surface area contributed by atoms with Gasteiger partial charge in [-0.15, -0.1) is 0 Å². The molecule has 2 heterocycles. The molecule has 0 aliphatic carbocycles. The number of sulfonamides is 1. The van der Waals surface area contributed by atoms with Crippen molar-refractivity contribution in [2.24, 2.45) is 0 Å². The number of carbonyl (C=O) groups excluding carboxylic acids is 3. The minimum Gasteiger partial charge on any atom is -0.492 e. The van der Waals surface area contributed by atoms with Gasteiger partial charge in [-0.05, 0) is 50.1 Å². The van der Waals surface area contributed by atoms with E-state index in [1.807, 2.05) is 0 Å². The molecule has 0 aromatic heterocycles. The number of nitrogens with one attached hydrogen (secondary N) is 1. The summed E-state index contributed by atoms with van der Waals surface area (Å²) in [6, 6.07) is 10.9. The maximum atomic E-state index is 13.1. The lowest BCUT2D eigenvalue weighted by Crippen LogP contribution is -2.35. The number of piperidine rings is 1. The molecular formula is C24H27N3O6S. The number of imide groups is 1. The highest BCUT2D eigenvalue weighted by Gasteiger charge is 2.35. The summed E-state index contributed by atoms with van der Waals surface area (Å²) in [6.45, 7) is 2.96. The molecule has 1 saturated heterocycles. The van der Waals surface area contributed by atoms with Gasteiger partial charge in [0.2, 0.25) is 15.9 Å². The highest BCUT2D eigenvalue weighted by molar-refractivity contribution is 7.89. The maximum Gasteiger partial charge on any atom is 0.261 e. The summed E-state index contributed by atoms with van der Waals surface area (Å²) in [7, 11) is -3.69. The molecule has 2 aromatic carbocycles. The molecule has 2 aliphatic rings. The molecule has 2 aromatic rings. The van der Waals surface area contributed by atoms with Crippen molar-refractivity contribution < 1.29 is 27.5 Å². The number of ether oxygens (including phenoxy) is 1. The first kappa shape index (κ1) is 23.9. The first-order chi connectivity index (χ1) is 16.3. The Morgan fingerprint density at radius 1 is 1.00 bits per heavy atom. The Morgan fingerprint density at radius 3 is 2.26 bits per heavy atom.